The SMILES string of the molecule is CN(Cc1nc2ccccc2[nH]1)Cc1nc2ccccc2[nH]1.[Tl+]. The Hall–Kier alpha value is -1.74. The van der Waals surface area contributed by atoms with Gasteiger partial charge in [-0.25, -0.2) is 9.97 Å². The van der Waals surface area contributed by atoms with Crippen LogP contribution in [0.15, 0.2) is 48.5 Å². The molecule has 0 fully saturated rings. The average molecular weight is 496 g/mol. The number of hydrogen-bond donors (Lipinski definition) is 2. The maximum Gasteiger partial charge on any atom is 1.00 e. The summed E-state index contributed by atoms with van der Waals surface area (Å²) in [5.74, 6) is 1.94. The fourth-order valence-corrected chi connectivity index (χ4v) is 2.73. The van der Waals surface area contributed by atoms with Gasteiger partial charge in [-0.15, -0.1) is 0 Å². The maximum absolute atomic E-state index is 4.61. The van der Waals surface area contributed by atoms with Crippen molar-refractivity contribution in [2.24, 2.45) is 0 Å². The number of aromatic nitrogens is 4. The molecule has 0 radical (unpaired) electrons. The van der Waals surface area contributed by atoms with Gasteiger partial charge in [0, 0.05) is 0 Å². The molecule has 0 saturated heterocycles. The third-order valence-corrected chi connectivity index (χ3v) is 3.72. The monoisotopic (exact) mass is 496 g/mol. The minimum Gasteiger partial charge on any atom is -0.341 e. The Labute approximate surface area is 154 Å². The molecule has 0 atom stereocenters. The van der Waals surface area contributed by atoms with Crippen molar-refractivity contribution in [1.82, 2.24) is 24.8 Å². The van der Waals surface area contributed by atoms with E-state index in [-0.39, 0.29) is 27.3 Å². The minimum atomic E-state index is 0. The van der Waals surface area contributed by atoms with Crippen molar-refractivity contribution in [2.75, 3.05) is 7.05 Å². The van der Waals surface area contributed by atoms with Crippen LogP contribution in [-0.2, 0) is 13.1 Å². The van der Waals surface area contributed by atoms with E-state index in [1.165, 1.54) is 0 Å². The van der Waals surface area contributed by atoms with Crippen molar-refractivity contribution in [3.8, 4) is 0 Å². The van der Waals surface area contributed by atoms with E-state index in [0.29, 0.717) is 0 Å². The van der Waals surface area contributed by atoms with Gasteiger partial charge in [0.15, 0.2) is 0 Å². The Morgan fingerprint density at radius 3 is 1.65 bits per heavy atom. The third kappa shape index (κ3) is 3.45. The second kappa shape index (κ2) is 6.80. The number of nitrogens with zero attached hydrogens (tertiary/aromatic N) is 3. The zero-order valence-corrected chi connectivity index (χ0v) is 17.4. The quantitative estimate of drug-likeness (QED) is 0.428. The van der Waals surface area contributed by atoms with Gasteiger partial charge in [-0.3, -0.25) is 4.90 Å². The molecular weight excluding hydrogens is 479 g/mol. The molecule has 5 nitrogen and oxygen atoms in total. The summed E-state index contributed by atoms with van der Waals surface area (Å²) in [5.41, 5.74) is 4.17. The van der Waals surface area contributed by atoms with Crippen molar-refractivity contribution in [3.63, 3.8) is 0 Å². The molecule has 4 aromatic rings. The number of nitrogens with one attached hydrogen (secondary N) is 2. The average Bonchev–Trinajstić information content (AvgIpc) is 3.08. The van der Waals surface area contributed by atoms with E-state index in [4.69, 9.17) is 0 Å². The number of fused-ring (bicyclic) bond motifs is 2. The Morgan fingerprint density at radius 1 is 0.783 bits per heavy atom. The first-order valence-corrected chi connectivity index (χ1v) is 7.34. The van der Waals surface area contributed by atoms with Gasteiger partial charge in [-0.1, -0.05) is 24.3 Å². The number of H-pyrrole nitrogens is 2. The molecule has 2 N–H and O–H groups in total. The molecule has 0 aliphatic rings. The van der Waals surface area contributed by atoms with Gasteiger partial charge in [0.2, 0.25) is 0 Å². The van der Waals surface area contributed by atoms with Crippen LogP contribution in [0.1, 0.15) is 11.6 Å². The summed E-state index contributed by atoms with van der Waals surface area (Å²) in [6.07, 6.45) is 0. The Morgan fingerprint density at radius 2 is 1.22 bits per heavy atom. The normalized spacial score (nSPS) is 11.2. The van der Waals surface area contributed by atoms with Gasteiger partial charge in [0.1, 0.15) is 11.6 Å². The van der Waals surface area contributed by atoms with Crippen LogP contribution >= 0.6 is 0 Å². The van der Waals surface area contributed by atoms with Crippen molar-refractivity contribution in [2.45, 2.75) is 13.1 Å². The van der Waals surface area contributed by atoms with E-state index in [1.807, 2.05) is 48.5 Å². The number of benzene rings is 2. The number of aromatic amines is 2. The molecule has 2 heterocycles. The zero-order valence-electron chi connectivity index (χ0n) is 13.0. The molecule has 0 spiro atoms. The molecule has 0 unspecified atom stereocenters. The standard InChI is InChI=1S/C17H17N5.Tl/c1-22(10-16-18-12-6-2-3-7-13(12)19-16)11-17-20-14-8-4-5-9-15(14)21-17;/h2-9H,10-11H2,1H3,(H,18,19)(H,20,21);/q;+1. The number of rotatable bonds is 4. The molecule has 0 aliphatic carbocycles. The van der Waals surface area contributed by atoms with Crippen molar-refractivity contribution in [1.29, 1.82) is 0 Å². The van der Waals surface area contributed by atoms with Crippen LogP contribution in [0, 0.1) is 0 Å². The van der Waals surface area contributed by atoms with E-state index in [9.17, 15) is 0 Å². The van der Waals surface area contributed by atoms with Gasteiger partial charge in [-0.2, -0.15) is 0 Å². The first-order chi connectivity index (χ1) is 10.8. The molecule has 0 amide bonds. The molecular formula is C17H17N5Tl+. The Kier molecular flexibility index (Phi) is 4.77. The summed E-state index contributed by atoms with van der Waals surface area (Å²) in [7, 11) is 2.07. The molecule has 112 valence electrons. The minimum absolute atomic E-state index is 0. The maximum atomic E-state index is 4.61. The van der Waals surface area contributed by atoms with Crippen LogP contribution in [-0.4, -0.2) is 59.2 Å². The first-order valence-electron chi connectivity index (χ1n) is 7.34. The van der Waals surface area contributed by atoms with Crippen LogP contribution in [0.2, 0.25) is 0 Å². The van der Waals surface area contributed by atoms with Crippen molar-refractivity contribution >= 4 is 49.4 Å². The fraction of sp³-hybridized carbons (Fsp3) is 0.176. The number of imidazole rings is 2. The summed E-state index contributed by atoms with van der Waals surface area (Å²) in [5, 5.41) is 0. The smallest absolute Gasteiger partial charge is 0.341 e. The predicted molar refractivity (Wildman–Crippen MR) is 93.1 cm³/mol. The molecule has 0 bridgehead atoms. The summed E-state index contributed by atoms with van der Waals surface area (Å²) >= 11 is 0. The van der Waals surface area contributed by atoms with Crippen LogP contribution in [0.5, 0.6) is 0 Å². The fourth-order valence-electron chi connectivity index (χ4n) is 2.73. The Balaban J connectivity index is 0.00000156. The first kappa shape index (κ1) is 16.1. The van der Waals surface area contributed by atoms with Gasteiger partial charge >= 0.3 is 27.3 Å². The molecule has 0 aliphatic heterocycles. The summed E-state index contributed by atoms with van der Waals surface area (Å²) in [4.78, 5) is 18.1. The van der Waals surface area contributed by atoms with Gasteiger partial charge < -0.3 is 9.97 Å². The molecule has 4 rings (SSSR count). The number of para-hydroxylation sites is 4. The molecule has 2 aromatic heterocycles. The largest absolute Gasteiger partial charge is 1.00 e. The summed E-state index contributed by atoms with van der Waals surface area (Å²) in [6, 6.07) is 16.2. The van der Waals surface area contributed by atoms with Gasteiger partial charge in [0.25, 0.3) is 0 Å². The number of hydrogen-bond acceptors (Lipinski definition) is 3. The van der Waals surface area contributed by atoms with E-state index < -0.39 is 0 Å². The van der Waals surface area contributed by atoms with Crippen LogP contribution in [0.4, 0.5) is 0 Å². The van der Waals surface area contributed by atoms with Crippen molar-refractivity contribution < 1.29 is 0 Å². The molecule has 0 saturated carbocycles. The second-order valence-electron chi connectivity index (χ2n) is 5.57. The molecule has 2 aromatic carbocycles. The topological polar surface area (TPSA) is 60.6 Å². The molecule has 23 heavy (non-hydrogen) atoms. The van der Waals surface area contributed by atoms with E-state index >= 15 is 0 Å². The van der Waals surface area contributed by atoms with Crippen LogP contribution < -0.4 is 0 Å². The van der Waals surface area contributed by atoms with Crippen LogP contribution in [0.25, 0.3) is 22.1 Å². The van der Waals surface area contributed by atoms with Crippen LogP contribution in [0.3, 0.4) is 0 Å². The van der Waals surface area contributed by atoms with Gasteiger partial charge in [-0.05, 0) is 31.3 Å². The van der Waals surface area contributed by atoms with Crippen molar-refractivity contribution in [3.05, 3.63) is 60.2 Å². The van der Waals surface area contributed by atoms with E-state index in [0.717, 1.165) is 46.8 Å². The molecule has 6 heteroatoms. The van der Waals surface area contributed by atoms with E-state index in [2.05, 4.69) is 31.9 Å². The predicted octanol–water partition coefficient (Wildman–Crippen LogP) is 2.69. The van der Waals surface area contributed by atoms with Gasteiger partial charge in [0.05, 0.1) is 35.2 Å². The third-order valence-electron chi connectivity index (χ3n) is 3.72. The second-order valence-corrected chi connectivity index (χ2v) is 5.57. The summed E-state index contributed by atoms with van der Waals surface area (Å²) < 4.78 is 0. The zero-order chi connectivity index (χ0) is 14.9. The van der Waals surface area contributed by atoms with E-state index in [1.54, 1.807) is 0 Å². The summed E-state index contributed by atoms with van der Waals surface area (Å²) in [6.45, 7) is 1.51. The Bertz CT molecular complexity index is 785.